The van der Waals surface area contributed by atoms with Crippen molar-refractivity contribution in [1.82, 2.24) is 0 Å². The van der Waals surface area contributed by atoms with Gasteiger partial charge in [-0.3, -0.25) is 0 Å². The second-order valence-corrected chi connectivity index (χ2v) is 5.01. The maximum Gasteiger partial charge on any atom is 0.345 e. The molecule has 2 rings (SSSR count). The monoisotopic (exact) mass is 332 g/mol. The number of hydrogen-bond acceptors (Lipinski definition) is 5. The van der Waals surface area contributed by atoms with Crippen LogP contribution in [0, 0.1) is 0 Å². The fraction of sp³-hybridized carbons (Fsp3) is 0.278. The van der Waals surface area contributed by atoms with E-state index in [2.05, 4.69) is 0 Å². The van der Waals surface area contributed by atoms with Gasteiger partial charge in [0.15, 0.2) is 6.10 Å². The van der Waals surface area contributed by atoms with Crippen molar-refractivity contribution in [3.05, 3.63) is 48.0 Å². The van der Waals surface area contributed by atoms with Crippen molar-refractivity contribution in [3.8, 4) is 23.0 Å². The summed E-state index contributed by atoms with van der Waals surface area (Å²) in [5, 5.41) is 9.48. The van der Waals surface area contributed by atoms with Crippen LogP contribution in [0.5, 0.6) is 23.0 Å². The lowest BCUT2D eigenvalue weighted by atomic mass is 10.1. The number of carbonyl (C=O) groups is 1. The summed E-state index contributed by atoms with van der Waals surface area (Å²) in [6, 6.07) is 12.0. The van der Waals surface area contributed by atoms with Crippen LogP contribution in [0.25, 0.3) is 0 Å². The highest BCUT2D eigenvalue weighted by Gasteiger charge is 2.22. The van der Waals surface area contributed by atoms with Crippen LogP contribution in [-0.4, -0.2) is 38.5 Å². The molecular weight excluding hydrogens is 312 g/mol. The molecule has 0 heterocycles. The van der Waals surface area contributed by atoms with Gasteiger partial charge in [-0.25, -0.2) is 4.79 Å². The SMILES string of the molecule is COc1cccc(OC(Cc2cc(OC)ccc2OC)C(=O)O)c1. The number of carboxylic acids is 1. The van der Waals surface area contributed by atoms with E-state index in [9.17, 15) is 9.90 Å². The van der Waals surface area contributed by atoms with E-state index in [1.165, 1.54) is 14.2 Å². The van der Waals surface area contributed by atoms with Gasteiger partial charge in [0.25, 0.3) is 0 Å². The summed E-state index contributed by atoms with van der Waals surface area (Å²) in [5.41, 5.74) is 0.687. The Morgan fingerprint density at radius 3 is 2.25 bits per heavy atom. The van der Waals surface area contributed by atoms with Crippen molar-refractivity contribution >= 4 is 5.97 Å². The first-order chi connectivity index (χ1) is 11.6. The highest BCUT2D eigenvalue weighted by atomic mass is 16.5. The summed E-state index contributed by atoms with van der Waals surface area (Å²) in [7, 11) is 4.62. The van der Waals surface area contributed by atoms with Gasteiger partial charge in [0.05, 0.1) is 21.3 Å². The van der Waals surface area contributed by atoms with Gasteiger partial charge in [-0.15, -0.1) is 0 Å². The fourth-order valence-electron chi connectivity index (χ4n) is 2.26. The maximum atomic E-state index is 11.6. The minimum absolute atomic E-state index is 0.132. The highest BCUT2D eigenvalue weighted by Crippen LogP contribution is 2.27. The zero-order valence-electron chi connectivity index (χ0n) is 13.8. The number of rotatable bonds is 8. The highest BCUT2D eigenvalue weighted by molar-refractivity contribution is 5.73. The normalized spacial score (nSPS) is 11.5. The summed E-state index contributed by atoms with van der Waals surface area (Å²) in [5.74, 6) is 1.15. The van der Waals surface area contributed by atoms with E-state index >= 15 is 0 Å². The molecule has 1 N–H and O–H groups in total. The lowest BCUT2D eigenvalue weighted by molar-refractivity contribution is -0.145. The number of aliphatic carboxylic acids is 1. The molecule has 0 aromatic heterocycles. The number of ether oxygens (including phenoxy) is 4. The molecule has 0 saturated carbocycles. The van der Waals surface area contributed by atoms with Gasteiger partial charge in [0, 0.05) is 18.1 Å². The summed E-state index contributed by atoms with van der Waals surface area (Å²) in [6.07, 6.45) is -0.939. The molecule has 0 radical (unpaired) electrons. The van der Waals surface area contributed by atoms with Crippen LogP contribution in [0.4, 0.5) is 0 Å². The van der Waals surface area contributed by atoms with Crippen LogP contribution in [0.1, 0.15) is 5.56 Å². The zero-order valence-corrected chi connectivity index (χ0v) is 13.8. The summed E-state index contributed by atoms with van der Waals surface area (Å²) in [4.78, 5) is 11.6. The van der Waals surface area contributed by atoms with Crippen molar-refractivity contribution < 1.29 is 28.8 Å². The minimum Gasteiger partial charge on any atom is -0.497 e. The molecule has 0 saturated heterocycles. The smallest absolute Gasteiger partial charge is 0.345 e. The van der Waals surface area contributed by atoms with Crippen molar-refractivity contribution in [3.63, 3.8) is 0 Å². The average molecular weight is 332 g/mol. The molecule has 0 aliphatic heterocycles. The van der Waals surface area contributed by atoms with Crippen LogP contribution in [0.2, 0.25) is 0 Å². The van der Waals surface area contributed by atoms with E-state index in [1.807, 2.05) is 0 Å². The second-order valence-electron chi connectivity index (χ2n) is 5.01. The molecule has 0 bridgehead atoms. The zero-order chi connectivity index (χ0) is 17.5. The van der Waals surface area contributed by atoms with Crippen molar-refractivity contribution in [2.24, 2.45) is 0 Å². The first-order valence-corrected chi connectivity index (χ1v) is 7.31. The molecule has 1 unspecified atom stereocenters. The summed E-state index contributed by atoms with van der Waals surface area (Å²) >= 11 is 0. The van der Waals surface area contributed by atoms with Crippen molar-refractivity contribution in [2.45, 2.75) is 12.5 Å². The van der Waals surface area contributed by atoms with Gasteiger partial charge in [0.1, 0.15) is 23.0 Å². The molecular formula is C18H20O6. The Hall–Kier alpha value is -2.89. The molecule has 24 heavy (non-hydrogen) atoms. The lowest BCUT2D eigenvalue weighted by Crippen LogP contribution is -2.29. The first-order valence-electron chi connectivity index (χ1n) is 7.31. The first kappa shape index (κ1) is 17.5. The molecule has 6 heteroatoms. The van der Waals surface area contributed by atoms with E-state index in [4.69, 9.17) is 18.9 Å². The Kier molecular flexibility index (Phi) is 5.89. The van der Waals surface area contributed by atoms with Crippen LogP contribution < -0.4 is 18.9 Å². The Bertz CT molecular complexity index is 698. The van der Waals surface area contributed by atoms with Gasteiger partial charge >= 0.3 is 5.97 Å². The molecule has 0 fully saturated rings. The molecule has 0 spiro atoms. The van der Waals surface area contributed by atoms with E-state index in [0.717, 1.165) is 0 Å². The second kappa shape index (κ2) is 8.10. The van der Waals surface area contributed by atoms with E-state index in [-0.39, 0.29) is 6.42 Å². The Balaban J connectivity index is 2.24. The van der Waals surface area contributed by atoms with Crippen LogP contribution in [-0.2, 0) is 11.2 Å². The Morgan fingerprint density at radius 2 is 1.62 bits per heavy atom. The van der Waals surface area contributed by atoms with Gasteiger partial charge in [0.2, 0.25) is 0 Å². The van der Waals surface area contributed by atoms with Gasteiger partial charge in [-0.2, -0.15) is 0 Å². The van der Waals surface area contributed by atoms with E-state index in [0.29, 0.717) is 28.6 Å². The van der Waals surface area contributed by atoms with E-state index < -0.39 is 12.1 Å². The Morgan fingerprint density at radius 1 is 0.958 bits per heavy atom. The van der Waals surface area contributed by atoms with Gasteiger partial charge in [-0.05, 0) is 30.3 Å². The molecule has 2 aromatic rings. The Labute approximate surface area is 140 Å². The largest absolute Gasteiger partial charge is 0.497 e. The number of hydrogen-bond donors (Lipinski definition) is 1. The third kappa shape index (κ3) is 4.32. The molecule has 1 atom stereocenters. The van der Waals surface area contributed by atoms with Crippen LogP contribution in [0.15, 0.2) is 42.5 Å². The number of carboxylic acid groups (broad SMARTS) is 1. The molecule has 0 aliphatic carbocycles. The standard InChI is InChI=1S/C18H20O6/c1-21-13-5-4-6-15(11-13)24-17(18(19)20)10-12-9-14(22-2)7-8-16(12)23-3/h4-9,11,17H,10H2,1-3H3,(H,19,20). The topological polar surface area (TPSA) is 74.2 Å². The maximum absolute atomic E-state index is 11.6. The number of benzene rings is 2. The van der Waals surface area contributed by atoms with Gasteiger partial charge < -0.3 is 24.1 Å². The quantitative estimate of drug-likeness (QED) is 0.801. The molecule has 0 amide bonds. The average Bonchev–Trinajstić information content (AvgIpc) is 2.61. The third-order valence-electron chi connectivity index (χ3n) is 3.49. The molecule has 0 aliphatic rings. The summed E-state index contributed by atoms with van der Waals surface area (Å²) in [6.45, 7) is 0. The summed E-state index contributed by atoms with van der Waals surface area (Å²) < 4.78 is 21.2. The lowest BCUT2D eigenvalue weighted by Gasteiger charge is -2.17. The molecule has 128 valence electrons. The third-order valence-corrected chi connectivity index (χ3v) is 3.49. The van der Waals surface area contributed by atoms with E-state index in [1.54, 1.807) is 49.6 Å². The minimum atomic E-state index is -1.07. The van der Waals surface area contributed by atoms with Gasteiger partial charge in [-0.1, -0.05) is 6.07 Å². The van der Waals surface area contributed by atoms with Crippen LogP contribution >= 0.6 is 0 Å². The predicted molar refractivity (Wildman–Crippen MR) is 88.3 cm³/mol. The molecule has 2 aromatic carbocycles. The number of methoxy groups -OCH3 is 3. The predicted octanol–water partition coefficient (Wildman–Crippen LogP) is 2.79. The molecule has 6 nitrogen and oxygen atoms in total. The van der Waals surface area contributed by atoms with Crippen LogP contribution in [0.3, 0.4) is 0 Å². The van der Waals surface area contributed by atoms with Crippen molar-refractivity contribution in [2.75, 3.05) is 21.3 Å². The van der Waals surface area contributed by atoms with Crippen molar-refractivity contribution in [1.29, 1.82) is 0 Å². The fourth-order valence-corrected chi connectivity index (χ4v) is 2.26.